The van der Waals surface area contributed by atoms with E-state index in [2.05, 4.69) is 118 Å². The molecule has 382 valence electrons. The van der Waals surface area contributed by atoms with E-state index in [0.717, 1.165) is 122 Å². The van der Waals surface area contributed by atoms with Gasteiger partial charge in [0.05, 0.1) is 0 Å². The van der Waals surface area contributed by atoms with Crippen molar-refractivity contribution in [1.29, 1.82) is 0 Å². The molecule has 6 heteroatoms. The van der Waals surface area contributed by atoms with E-state index in [1.807, 2.05) is 0 Å². The summed E-state index contributed by atoms with van der Waals surface area (Å²) in [6.45, 7) is 6.51. The van der Waals surface area contributed by atoms with Crippen molar-refractivity contribution in [2.45, 2.75) is 258 Å². The third kappa shape index (κ3) is 53.2. The Morgan fingerprint density at radius 1 is 0.299 bits per heavy atom. The highest BCUT2D eigenvalue weighted by atomic mass is 16.6. The Labute approximate surface area is 413 Å². The number of carbonyl (C=O) groups is 3. The molecule has 0 aromatic carbocycles. The highest BCUT2D eigenvalue weighted by molar-refractivity contribution is 5.71. The van der Waals surface area contributed by atoms with Crippen LogP contribution in [0.25, 0.3) is 0 Å². The van der Waals surface area contributed by atoms with E-state index in [4.69, 9.17) is 14.2 Å². The lowest BCUT2D eigenvalue weighted by Crippen LogP contribution is -2.30. The second-order valence-electron chi connectivity index (χ2n) is 18.1. The van der Waals surface area contributed by atoms with E-state index in [1.54, 1.807) is 0 Å². The van der Waals surface area contributed by atoms with Gasteiger partial charge in [0, 0.05) is 19.3 Å². The van der Waals surface area contributed by atoms with E-state index in [0.29, 0.717) is 19.3 Å². The highest BCUT2D eigenvalue weighted by Crippen LogP contribution is 2.13. The number of ether oxygens (including phenoxy) is 3. The molecule has 0 aromatic heterocycles. The predicted molar refractivity (Wildman–Crippen MR) is 288 cm³/mol. The smallest absolute Gasteiger partial charge is 0.306 e. The molecule has 0 rings (SSSR count). The molecule has 0 aliphatic heterocycles. The van der Waals surface area contributed by atoms with Crippen molar-refractivity contribution in [2.75, 3.05) is 13.2 Å². The van der Waals surface area contributed by atoms with E-state index < -0.39 is 6.10 Å². The van der Waals surface area contributed by atoms with Gasteiger partial charge in [0.25, 0.3) is 0 Å². The van der Waals surface area contributed by atoms with Crippen LogP contribution in [0.4, 0.5) is 0 Å². The Bertz CT molecular complexity index is 1350. The van der Waals surface area contributed by atoms with Crippen molar-refractivity contribution in [3.8, 4) is 0 Å². The first-order valence-corrected chi connectivity index (χ1v) is 27.7. The van der Waals surface area contributed by atoms with E-state index >= 15 is 0 Å². The molecule has 0 aliphatic rings. The SMILES string of the molecule is CCCCC/C=C\C/C=C\C/C=C\C/C=C\CCCCCC(=O)OC[C@@H](COC(=O)CCCCCCC/C=C\CCCCCC)OC(=O)CCCCCC/C=C\C/C=C\C/C=C\CCCCC. The second-order valence-corrected chi connectivity index (χ2v) is 18.1. The molecule has 0 fully saturated rings. The minimum Gasteiger partial charge on any atom is -0.462 e. The van der Waals surface area contributed by atoms with Crippen LogP contribution in [-0.4, -0.2) is 37.2 Å². The molecule has 0 heterocycles. The van der Waals surface area contributed by atoms with Crippen LogP contribution >= 0.6 is 0 Å². The minimum absolute atomic E-state index is 0.102. The van der Waals surface area contributed by atoms with Gasteiger partial charge in [-0.15, -0.1) is 0 Å². The zero-order chi connectivity index (χ0) is 48.6. The fraction of sp³-hybridized carbons (Fsp3) is 0.689. The van der Waals surface area contributed by atoms with Crippen molar-refractivity contribution >= 4 is 17.9 Å². The van der Waals surface area contributed by atoms with Gasteiger partial charge in [-0.2, -0.15) is 0 Å². The lowest BCUT2D eigenvalue weighted by Gasteiger charge is -2.18. The highest BCUT2D eigenvalue weighted by Gasteiger charge is 2.19. The molecule has 0 radical (unpaired) electrons. The number of carbonyl (C=O) groups excluding carboxylic acids is 3. The first-order chi connectivity index (χ1) is 33.0. The monoisotopic (exact) mass is 931 g/mol. The van der Waals surface area contributed by atoms with Gasteiger partial charge < -0.3 is 14.2 Å². The Morgan fingerprint density at radius 2 is 0.537 bits per heavy atom. The third-order valence-corrected chi connectivity index (χ3v) is 11.5. The maximum absolute atomic E-state index is 12.8. The van der Waals surface area contributed by atoms with Gasteiger partial charge in [0.2, 0.25) is 0 Å². The minimum atomic E-state index is -0.807. The summed E-state index contributed by atoms with van der Waals surface area (Å²) in [5, 5.41) is 0. The molecule has 0 saturated carbocycles. The fourth-order valence-electron chi connectivity index (χ4n) is 7.31. The lowest BCUT2D eigenvalue weighted by atomic mass is 10.1. The first kappa shape index (κ1) is 63.3. The molecular formula is C61H102O6. The van der Waals surface area contributed by atoms with Crippen LogP contribution in [0, 0.1) is 0 Å². The molecule has 1 atom stereocenters. The lowest BCUT2D eigenvalue weighted by molar-refractivity contribution is -0.167. The number of esters is 3. The summed E-state index contributed by atoms with van der Waals surface area (Å²) in [5.41, 5.74) is 0. The predicted octanol–water partition coefficient (Wildman–Crippen LogP) is 18.5. The molecule has 0 spiro atoms. The molecule has 0 aromatic rings. The summed E-state index contributed by atoms with van der Waals surface area (Å²) < 4.78 is 16.8. The van der Waals surface area contributed by atoms with Crippen LogP contribution in [0.2, 0.25) is 0 Å². The number of hydrogen-bond acceptors (Lipinski definition) is 6. The molecule has 6 nitrogen and oxygen atoms in total. The van der Waals surface area contributed by atoms with Crippen LogP contribution in [0.5, 0.6) is 0 Å². The van der Waals surface area contributed by atoms with Gasteiger partial charge in [-0.25, -0.2) is 0 Å². The zero-order valence-corrected chi connectivity index (χ0v) is 43.6. The summed E-state index contributed by atoms with van der Waals surface area (Å²) in [6, 6.07) is 0. The van der Waals surface area contributed by atoms with Crippen molar-refractivity contribution in [3.63, 3.8) is 0 Å². The number of allylic oxidation sites excluding steroid dienone is 16. The first-order valence-electron chi connectivity index (χ1n) is 27.7. The summed E-state index contributed by atoms with van der Waals surface area (Å²) in [7, 11) is 0. The fourth-order valence-corrected chi connectivity index (χ4v) is 7.31. The molecule has 0 bridgehead atoms. The van der Waals surface area contributed by atoms with Gasteiger partial charge >= 0.3 is 17.9 Å². The van der Waals surface area contributed by atoms with Gasteiger partial charge in [-0.1, -0.05) is 201 Å². The van der Waals surface area contributed by atoms with Crippen LogP contribution in [0.1, 0.15) is 252 Å². The number of hydrogen-bond donors (Lipinski definition) is 0. The Balaban J connectivity index is 4.50. The van der Waals surface area contributed by atoms with Crippen molar-refractivity contribution < 1.29 is 28.6 Å². The average Bonchev–Trinajstić information content (AvgIpc) is 3.33. The number of unbranched alkanes of at least 4 members (excludes halogenated alkanes) is 22. The normalized spacial score (nSPS) is 12.8. The van der Waals surface area contributed by atoms with Crippen molar-refractivity contribution in [1.82, 2.24) is 0 Å². The Morgan fingerprint density at radius 3 is 0.896 bits per heavy atom. The standard InChI is InChI=1S/C61H102O6/c1-4-7-10-13-16-19-22-25-27-29-30-32-33-36-39-42-45-48-51-54-60(63)66-57-58(56-65-59(62)53-50-47-44-41-38-35-24-21-18-15-12-9-6-3)67-61(64)55-52-49-46-43-40-37-34-31-28-26-23-20-17-14-11-8-5-2/h16-17,19-21,24-28,30,32,34,36-37,39,58H,4-15,18,22-23,29,31,33,35,38,40-57H2,1-3H3/b19-16-,20-17-,24-21-,27-25-,28-26-,32-30-,37-34-,39-36-/t58-/m1/s1. The van der Waals surface area contributed by atoms with E-state index in [9.17, 15) is 14.4 Å². The van der Waals surface area contributed by atoms with Crippen LogP contribution in [0.3, 0.4) is 0 Å². The average molecular weight is 931 g/mol. The van der Waals surface area contributed by atoms with Crippen LogP contribution in [0.15, 0.2) is 97.2 Å². The molecule has 0 saturated heterocycles. The molecule has 0 unspecified atom stereocenters. The summed E-state index contributed by atoms with van der Waals surface area (Å²) in [6.07, 6.45) is 72.4. The quantitative estimate of drug-likeness (QED) is 0.0262. The Hall–Kier alpha value is -3.67. The Kier molecular flexibility index (Phi) is 51.9. The maximum Gasteiger partial charge on any atom is 0.306 e. The van der Waals surface area contributed by atoms with Crippen molar-refractivity contribution in [3.05, 3.63) is 97.2 Å². The topological polar surface area (TPSA) is 78.9 Å². The molecular weight excluding hydrogens is 829 g/mol. The van der Waals surface area contributed by atoms with Crippen LogP contribution < -0.4 is 0 Å². The number of rotatable bonds is 49. The summed E-state index contributed by atoms with van der Waals surface area (Å²) >= 11 is 0. The van der Waals surface area contributed by atoms with Crippen LogP contribution in [-0.2, 0) is 28.6 Å². The van der Waals surface area contributed by atoms with Gasteiger partial charge in [0.15, 0.2) is 6.10 Å². The molecule has 0 amide bonds. The van der Waals surface area contributed by atoms with Gasteiger partial charge in [-0.3, -0.25) is 14.4 Å². The molecule has 67 heavy (non-hydrogen) atoms. The largest absolute Gasteiger partial charge is 0.462 e. The molecule has 0 aliphatic carbocycles. The van der Waals surface area contributed by atoms with E-state index in [-0.39, 0.29) is 31.1 Å². The van der Waals surface area contributed by atoms with Gasteiger partial charge in [-0.05, 0) is 128 Å². The van der Waals surface area contributed by atoms with E-state index in [1.165, 1.54) is 89.9 Å². The summed E-state index contributed by atoms with van der Waals surface area (Å²) in [5.74, 6) is -0.964. The maximum atomic E-state index is 12.8. The second kappa shape index (κ2) is 54.9. The molecule has 0 N–H and O–H groups in total. The summed E-state index contributed by atoms with van der Waals surface area (Å²) in [4.78, 5) is 38.1. The zero-order valence-electron chi connectivity index (χ0n) is 43.6. The van der Waals surface area contributed by atoms with Crippen molar-refractivity contribution in [2.24, 2.45) is 0 Å². The third-order valence-electron chi connectivity index (χ3n) is 11.5. The van der Waals surface area contributed by atoms with Gasteiger partial charge in [0.1, 0.15) is 13.2 Å².